The minimum atomic E-state index is -1.99. The molecule has 0 amide bonds. The van der Waals surface area contributed by atoms with Gasteiger partial charge in [0.25, 0.3) is 0 Å². The Balaban J connectivity index is 0.938. The Labute approximate surface area is 430 Å². The molecule has 0 saturated carbocycles. The molecule has 0 aliphatic carbocycles. The molecule has 5 heterocycles. The zero-order valence-electron chi connectivity index (χ0n) is 40.2. The van der Waals surface area contributed by atoms with E-state index in [9.17, 15) is 81.4 Å². The van der Waals surface area contributed by atoms with Crippen molar-refractivity contribution >= 4 is 23.0 Å². The molecule has 8 rings (SSSR count). The van der Waals surface area contributed by atoms with Crippen molar-refractivity contribution in [1.82, 2.24) is 0 Å². The first-order valence-electron chi connectivity index (χ1n) is 23.7. The molecule has 15 N–H and O–H groups in total. The number of carbonyl (C=O) groups excluding carboxylic acids is 1. The zero-order valence-corrected chi connectivity index (χ0v) is 40.2. The Kier molecular flexibility index (Phi) is 17.8. The molecule has 0 unspecified atom stereocenters. The molecular weight excluding hydrogens is 1020 g/mol. The van der Waals surface area contributed by atoms with Crippen molar-refractivity contribution in [2.45, 2.75) is 130 Å². The van der Waals surface area contributed by atoms with Gasteiger partial charge in [-0.2, -0.15) is 0 Å². The van der Waals surface area contributed by atoms with Gasteiger partial charge in [0.2, 0.25) is 24.6 Å². The molecule has 4 fully saturated rings. The summed E-state index contributed by atoms with van der Waals surface area (Å²) in [6.07, 6.45) is -30.7. The van der Waals surface area contributed by atoms with E-state index in [2.05, 4.69) is 0 Å². The van der Waals surface area contributed by atoms with Crippen molar-refractivity contribution in [1.29, 1.82) is 0 Å². The van der Waals surface area contributed by atoms with E-state index in [1.807, 2.05) is 0 Å². The quantitative estimate of drug-likeness (QED) is 0.0293. The largest absolute Gasteiger partial charge is 0.507 e. The smallest absolute Gasteiger partial charge is 0.402 e. The van der Waals surface area contributed by atoms with Gasteiger partial charge in [0.15, 0.2) is 23.9 Å². The highest BCUT2D eigenvalue weighted by atomic mass is 16.7. The number of hydrogen-bond donors (Lipinski definition) is 15. The summed E-state index contributed by atoms with van der Waals surface area (Å²) < 4.78 is 62.7. The van der Waals surface area contributed by atoms with Crippen LogP contribution in [0.4, 0.5) is 0 Å². The Morgan fingerprint density at radius 2 is 1.14 bits per heavy atom. The van der Waals surface area contributed by atoms with Crippen LogP contribution in [0.25, 0.3) is 28.4 Å². The van der Waals surface area contributed by atoms with Crippen LogP contribution in [0, 0.1) is 0 Å². The van der Waals surface area contributed by atoms with E-state index in [1.54, 1.807) is 0 Å². The second kappa shape index (κ2) is 23.9. The average Bonchev–Trinajstić information content (AvgIpc) is 3.41. The number of hydrogen-bond acceptors (Lipinski definition) is 26. The number of phenols is 2. The Morgan fingerprint density at radius 1 is 0.592 bits per heavy atom. The van der Waals surface area contributed by atoms with Crippen LogP contribution in [0.1, 0.15) is 12.5 Å². The molecular formula is C49H59O27+. The van der Waals surface area contributed by atoms with Crippen LogP contribution in [0.2, 0.25) is 0 Å². The van der Waals surface area contributed by atoms with Gasteiger partial charge in [-0.05, 0) is 42.8 Å². The number of phenolic OH excluding ortho intramolecular Hbond substituents is 2. The molecule has 4 aliphatic heterocycles. The summed E-state index contributed by atoms with van der Waals surface area (Å²) in [5.41, 5.74) is 0.521. The van der Waals surface area contributed by atoms with Crippen LogP contribution in [-0.2, 0) is 33.2 Å². The SMILES string of the molecule is COc1cc(-c2[o+]c3cc(O)cc(O[C@@H]4O[C@H](CO)[C@@H](O)[C@H](O)[C@H]4O)c3cc2O[C@@H]2O[C@H](CO[C@@H]3O[C@@H](C)[C@H](OC(=O)/C=C/c4ccc(O[C@@H]5O[C@H](CO)[C@@H](O)[C@H](O)[C@H]5O)cc4)[C@@H](O)[C@H]3O)[C@@H](O)[C@H](O)[C@H]2O)ccc1O. The lowest BCUT2D eigenvalue weighted by Gasteiger charge is -2.42. The maximum Gasteiger partial charge on any atom is 0.402 e. The number of ether oxygens (including phenoxy) is 10. The third-order valence-electron chi connectivity index (χ3n) is 13.1. The molecule has 76 heavy (non-hydrogen) atoms. The predicted octanol–water partition coefficient (Wildman–Crippen LogP) is -3.55. The maximum absolute atomic E-state index is 12.9. The van der Waals surface area contributed by atoms with Crippen LogP contribution in [-0.4, -0.2) is 232 Å². The molecule has 27 heteroatoms. The van der Waals surface area contributed by atoms with Gasteiger partial charge >= 0.3 is 17.3 Å². The molecule has 4 saturated heterocycles. The van der Waals surface area contributed by atoms with E-state index in [0.29, 0.717) is 5.56 Å². The molecule has 27 nitrogen and oxygen atoms in total. The number of esters is 1. The number of aliphatic hydroxyl groups is 13. The molecule has 4 aromatic rings. The van der Waals surface area contributed by atoms with Gasteiger partial charge in [0, 0.05) is 24.3 Å². The number of rotatable bonds is 16. The number of methoxy groups -OCH3 is 1. The lowest BCUT2D eigenvalue weighted by atomic mass is 9.98. The molecule has 0 bridgehead atoms. The van der Waals surface area contributed by atoms with Crippen LogP contribution in [0.5, 0.6) is 34.5 Å². The van der Waals surface area contributed by atoms with Gasteiger partial charge in [0.1, 0.15) is 108 Å². The highest BCUT2D eigenvalue weighted by Crippen LogP contribution is 2.44. The summed E-state index contributed by atoms with van der Waals surface area (Å²) in [7, 11) is 1.28. The standard InChI is InChI=1S/C49H58O27/c1-18-44(76-32(54)10-5-19-3-7-22(8-4-19)69-47-40(62)36(58)33(55)29(15-50)73-47)39(61)43(65)46(68-18)67-17-31-35(57)38(60)42(64)49(75-31)72-28-14-23-25(70-45(28)20-6-9-24(53)27(11-20)66-2)12-21(52)13-26(23)71-48-41(63)37(59)34(56)30(16-51)74-48/h3-14,18,29-31,33-44,46-51,55-65H,15-17H2,1-2H3,(H-,52,53)/p+1/b10-5+/t18-,29+,30+,31+,33+,34+,35+,36-,37-,38-,39-,40+,41+,42+,43+,44-,46+,47+,48+,49+/m0/s1. The van der Waals surface area contributed by atoms with Crippen molar-refractivity contribution in [3.8, 4) is 45.8 Å². The molecule has 1 aromatic heterocycles. The highest BCUT2D eigenvalue weighted by molar-refractivity contribution is 5.89. The number of aliphatic hydroxyl groups excluding tert-OH is 13. The molecule has 0 spiro atoms. The van der Waals surface area contributed by atoms with Gasteiger partial charge in [-0.1, -0.05) is 12.1 Å². The van der Waals surface area contributed by atoms with Crippen molar-refractivity contribution in [3.05, 3.63) is 72.3 Å². The maximum atomic E-state index is 12.9. The fourth-order valence-corrected chi connectivity index (χ4v) is 8.73. The van der Waals surface area contributed by atoms with Crippen LogP contribution in [0.15, 0.2) is 71.2 Å². The average molecular weight is 1080 g/mol. The predicted molar refractivity (Wildman–Crippen MR) is 250 cm³/mol. The normalized spacial score (nSPS) is 35.9. The fourth-order valence-electron chi connectivity index (χ4n) is 8.73. The lowest BCUT2D eigenvalue weighted by molar-refractivity contribution is -0.319. The summed E-state index contributed by atoms with van der Waals surface area (Å²) in [6, 6.07) is 13.4. The van der Waals surface area contributed by atoms with Crippen molar-refractivity contribution < 1.29 is 133 Å². The van der Waals surface area contributed by atoms with Crippen molar-refractivity contribution in [2.75, 3.05) is 26.9 Å². The van der Waals surface area contributed by atoms with E-state index < -0.39 is 154 Å². The number of carbonyl (C=O) groups is 1. The van der Waals surface area contributed by atoms with E-state index in [4.69, 9.17) is 51.8 Å². The second-order valence-electron chi connectivity index (χ2n) is 18.3. The summed E-state index contributed by atoms with van der Waals surface area (Å²) in [4.78, 5) is 12.9. The van der Waals surface area contributed by atoms with E-state index in [0.717, 1.165) is 12.1 Å². The summed E-state index contributed by atoms with van der Waals surface area (Å²) >= 11 is 0. The summed E-state index contributed by atoms with van der Waals surface area (Å²) in [5, 5.41) is 157. The van der Waals surface area contributed by atoms with Crippen LogP contribution < -0.4 is 18.9 Å². The molecule has 416 valence electrons. The minimum Gasteiger partial charge on any atom is -0.507 e. The van der Waals surface area contributed by atoms with Crippen molar-refractivity contribution in [3.63, 3.8) is 0 Å². The fraction of sp³-hybridized carbons (Fsp3) is 0.510. The molecule has 20 atom stereocenters. The topological polar surface area (TPSA) is 424 Å². The van der Waals surface area contributed by atoms with Gasteiger partial charge in [-0.25, -0.2) is 9.21 Å². The second-order valence-corrected chi connectivity index (χ2v) is 18.3. The Hall–Kier alpha value is -5.64. The molecule has 0 radical (unpaired) electrons. The minimum absolute atomic E-state index is 0.0170. The first kappa shape index (κ1) is 56.6. The van der Waals surface area contributed by atoms with E-state index in [1.165, 1.54) is 74.7 Å². The monoisotopic (exact) mass is 1080 g/mol. The van der Waals surface area contributed by atoms with Gasteiger partial charge < -0.3 is 124 Å². The highest BCUT2D eigenvalue weighted by Gasteiger charge is 2.50. The van der Waals surface area contributed by atoms with Crippen LogP contribution >= 0.6 is 0 Å². The van der Waals surface area contributed by atoms with Gasteiger partial charge in [0.05, 0.1) is 44.7 Å². The number of benzene rings is 3. The third-order valence-corrected chi connectivity index (χ3v) is 13.1. The molecule has 4 aliphatic rings. The van der Waals surface area contributed by atoms with Crippen LogP contribution in [0.3, 0.4) is 0 Å². The number of aromatic hydroxyl groups is 2. The van der Waals surface area contributed by atoms with Crippen molar-refractivity contribution in [2.24, 2.45) is 0 Å². The lowest BCUT2D eigenvalue weighted by Crippen LogP contribution is -2.62. The molecule has 3 aromatic carbocycles. The summed E-state index contributed by atoms with van der Waals surface area (Å²) in [5.74, 6) is -2.22. The first-order valence-corrected chi connectivity index (χ1v) is 23.7. The third kappa shape index (κ3) is 11.9. The first-order chi connectivity index (χ1) is 36.2. The van der Waals surface area contributed by atoms with Gasteiger partial charge in [-0.15, -0.1) is 0 Å². The number of fused-ring (bicyclic) bond motifs is 1. The van der Waals surface area contributed by atoms with E-state index in [-0.39, 0.29) is 51.0 Å². The van der Waals surface area contributed by atoms with E-state index >= 15 is 0 Å². The Bertz CT molecular complexity index is 2630. The Morgan fingerprint density at radius 3 is 1.74 bits per heavy atom. The summed E-state index contributed by atoms with van der Waals surface area (Å²) in [6.45, 7) is -0.696. The van der Waals surface area contributed by atoms with Gasteiger partial charge in [-0.3, -0.25) is 0 Å². The zero-order chi connectivity index (χ0) is 54.9.